The average Bonchev–Trinajstić information content (AvgIpc) is 2.98. The second-order valence-corrected chi connectivity index (χ2v) is 4.60. The zero-order chi connectivity index (χ0) is 11.0. The molecule has 0 spiro atoms. The lowest BCUT2D eigenvalue weighted by atomic mass is 10.2. The molecular formula is C13H16N2O. The van der Waals surface area contributed by atoms with E-state index in [9.17, 15) is 0 Å². The Morgan fingerprint density at radius 3 is 3.06 bits per heavy atom. The number of oxazole rings is 1. The molecule has 1 aliphatic rings. The monoisotopic (exact) mass is 216 g/mol. The van der Waals surface area contributed by atoms with Gasteiger partial charge in [-0.05, 0) is 43.9 Å². The van der Waals surface area contributed by atoms with E-state index in [2.05, 4.69) is 23.3 Å². The van der Waals surface area contributed by atoms with Crippen LogP contribution in [0.4, 0.5) is 0 Å². The Kier molecular flexibility index (Phi) is 2.40. The summed E-state index contributed by atoms with van der Waals surface area (Å²) >= 11 is 0. The Labute approximate surface area is 94.9 Å². The van der Waals surface area contributed by atoms with Crippen LogP contribution in [0.2, 0.25) is 0 Å². The fourth-order valence-corrected chi connectivity index (χ4v) is 1.91. The Balaban J connectivity index is 1.73. The van der Waals surface area contributed by atoms with Crippen LogP contribution >= 0.6 is 0 Å². The molecule has 0 atom stereocenters. The fourth-order valence-electron chi connectivity index (χ4n) is 1.91. The lowest BCUT2D eigenvalue weighted by Gasteiger charge is -1.97. The summed E-state index contributed by atoms with van der Waals surface area (Å²) in [7, 11) is 0. The van der Waals surface area contributed by atoms with E-state index in [1.807, 2.05) is 12.1 Å². The summed E-state index contributed by atoms with van der Waals surface area (Å²) in [5, 5.41) is 3.39. The molecule has 3 nitrogen and oxygen atoms in total. The first-order chi connectivity index (χ1) is 7.83. The molecule has 0 amide bonds. The topological polar surface area (TPSA) is 38.1 Å². The summed E-state index contributed by atoms with van der Waals surface area (Å²) in [5.74, 6) is 1.69. The van der Waals surface area contributed by atoms with E-state index in [1.165, 1.54) is 18.4 Å². The molecule has 84 valence electrons. The number of fused-ring (bicyclic) bond motifs is 1. The van der Waals surface area contributed by atoms with Crippen molar-refractivity contribution in [3.8, 4) is 0 Å². The summed E-state index contributed by atoms with van der Waals surface area (Å²) in [6.45, 7) is 3.90. The minimum absolute atomic E-state index is 0.741. The predicted molar refractivity (Wildman–Crippen MR) is 63.2 cm³/mol. The average molecular weight is 216 g/mol. The third kappa shape index (κ3) is 1.95. The van der Waals surface area contributed by atoms with Crippen molar-refractivity contribution in [2.75, 3.05) is 6.54 Å². The zero-order valence-electron chi connectivity index (χ0n) is 9.49. The fraction of sp³-hybridized carbons (Fsp3) is 0.462. The summed E-state index contributed by atoms with van der Waals surface area (Å²) in [4.78, 5) is 4.50. The van der Waals surface area contributed by atoms with Crippen LogP contribution < -0.4 is 5.32 Å². The van der Waals surface area contributed by atoms with Crippen molar-refractivity contribution in [2.24, 2.45) is 5.92 Å². The standard InChI is InChI=1S/C13H16N2O/c1-9-3-2-4-11-13(9)15-12(16-11)8-14-7-10-5-6-10/h2-4,10,14H,5-8H2,1H3. The number of nitrogens with one attached hydrogen (secondary N) is 1. The van der Waals surface area contributed by atoms with Gasteiger partial charge in [-0.1, -0.05) is 12.1 Å². The lowest BCUT2D eigenvalue weighted by Crippen LogP contribution is -2.16. The van der Waals surface area contributed by atoms with Gasteiger partial charge in [0.2, 0.25) is 5.89 Å². The van der Waals surface area contributed by atoms with E-state index in [0.29, 0.717) is 0 Å². The quantitative estimate of drug-likeness (QED) is 0.853. The summed E-state index contributed by atoms with van der Waals surface area (Å²) in [5.41, 5.74) is 3.06. The van der Waals surface area contributed by atoms with Gasteiger partial charge < -0.3 is 9.73 Å². The SMILES string of the molecule is Cc1cccc2oc(CNCC3CC3)nc12. The number of rotatable bonds is 4. The Hall–Kier alpha value is -1.35. The summed E-state index contributed by atoms with van der Waals surface area (Å²) < 4.78 is 5.68. The van der Waals surface area contributed by atoms with Crippen molar-refractivity contribution < 1.29 is 4.42 Å². The maximum atomic E-state index is 5.68. The second kappa shape index (κ2) is 3.91. The van der Waals surface area contributed by atoms with Crippen LogP contribution in [-0.2, 0) is 6.54 Å². The number of nitrogens with zero attached hydrogens (tertiary/aromatic N) is 1. The molecule has 1 heterocycles. The van der Waals surface area contributed by atoms with Gasteiger partial charge in [0, 0.05) is 0 Å². The van der Waals surface area contributed by atoms with Gasteiger partial charge >= 0.3 is 0 Å². The molecule has 2 aromatic rings. The predicted octanol–water partition coefficient (Wildman–Crippen LogP) is 2.64. The largest absolute Gasteiger partial charge is 0.439 e. The van der Waals surface area contributed by atoms with Crippen LogP contribution in [-0.4, -0.2) is 11.5 Å². The zero-order valence-corrected chi connectivity index (χ0v) is 9.49. The van der Waals surface area contributed by atoms with Gasteiger partial charge in [-0.15, -0.1) is 0 Å². The second-order valence-electron chi connectivity index (χ2n) is 4.60. The molecule has 0 saturated heterocycles. The van der Waals surface area contributed by atoms with Crippen molar-refractivity contribution in [2.45, 2.75) is 26.3 Å². The molecule has 1 aliphatic carbocycles. The highest BCUT2D eigenvalue weighted by molar-refractivity contribution is 5.76. The number of benzene rings is 1. The van der Waals surface area contributed by atoms with E-state index in [4.69, 9.17) is 4.42 Å². The summed E-state index contributed by atoms with van der Waals surface area (Å²) in [6.07, 6.45) is 2.75. The maximum absolute atomic E-state index is 5.68. The van der Waals surface area contributed by atoms with Crippen LogP contribution in [0.5, 0.6) is 0 Å². The maximum Gasteiger partial charge on any atom is 0.209 e. The van der Waals surface area contributed by atoms with Gasteiger partial charge in [0.1, 0.15) is 5.52 Å². The van der Waals surface area contributed by atoms with E-state index in [-0.39, 0.29) is 0 Å². The van der Waals surface area contributed by atoms with Crippen molar-refractivity contribution in [3.63, 3.8) is 0 Å². The number of aryl methyl sites for hydroxylation is 1. The van der Waals surface area contributed by atoms with Gasteiger partial charge in [0.15, 0.2) is 5.58 Å². The first-order valence-electron chi connectivity index (χ1n) is 5.88. The van der Waals surface area contributed by atoms with Gasteiger partial charge in [-0.2, -0.15) is 0 Å². The first-order valence-corrected chi connectivity index (χ1v) is 5.88. The van der Waals surface area contributed by atoms with Crippen LogP contribution in [0.25, 0.3) is 11.1 Å². The highest BCUT2D eigenvalue weighted by Crippen LogP contribution is 2.27. The van der Waals surface area contributed by atoms with Gasteiger partial charge in [0.05, 0.1) is 6.54 Å². The van der Waals surface area contributed by atoms with Gasteiger partial charge in [-0.25, -0.2) is 4.98 Å². The molecule has 0 unspecified atom stereocenters. The molecule has 1 aromatic heterocycles. The van der Waals surface area contributed by atoms with Crippen LogP contribution in [0, 0.1) is 12.8 Å². The number of aromatic nitrogens is 1. The normalized spacial score (nSPS) is 15.8. The molecule has 1 aromatic carbocycles. The molecule has 0 bridgehead atoms. The molecule has 1 saturated carbocycles. The van der Waals surface area contributed by atoms with Crippen LogP contribution in [0.3, 0.4) is 0 Å². The smallest absolute Gasteiger partial charge is 0.209 e. The van der Waals surface area contributed by atoms with Crippen LogP contribution in [0.1, 0.15) is 24.3 Å². The molecule has 0 aliphatic heterocycles. The van der Waals surface area contributed by atoms with E-state index in [0.717, 1.165) is 36.0 Å². The van der Waals surface area contributed by atoms with Crippen molar-refractivity contribution in [3.05, 3.63) is 29.7 Å². The highest BCUT2D eigenvalue weighted by Gasteiger charge is 2.20. The molecule has 1 fully saturated rings. The number of para-hydroxylation sites is 1. The van der Waals surface area contributed by atoms with E-state index < -0.39 is 0 Å². The first kappa shape index (κ1) is 9.85. The molecule has 16 heavy (non-hydrogen) atoms. The molecule has 0 radical (unpaired) electrons. The lowest BCUT2D eigenvalue weighted by molar-refractivity contribution is 0.490. The number of hydrogen-bond donors (Lipinski definition) is 1. The third-order valence-electron chi connectivity index (χ3n) is 3.07. The van der Waals surface area contributed by atoms with Crippen molar-refractivity contribution in [1.29, 1.82) is 0 Å². The van der Waals surface area contributed by atoms with E-state index in [1.54, 1.807) is 0 Å². The Morgan fingerprint density at radius 1 is 1.44 bits per heavy atom. The van der Waals surface area contributed by atoms with Gasteiger partial charge in [-0.3, -0.25) is 0 Å². The van der Waals surface area contributed by atoms with Crippen molar-refractivity contribution >= 4 is 11.1 Å². The molecule has 1 N–H and O–H groups in total. The minimum Gasteiger partial charge on any atom is -0.439 e. The Morgan fingerprint density at radius 2 is 2.31 bits per heavy atom. The summed E-state index contributed by atoms with van der Waals surface area (Å²) in [6, 6.07) is 6.04. The Bertz CT molecular complexity index is 500. The van der Waals surface area contributed by atoms with Crippen LogP contribution in [0.15, 0.2) is 22.6 Å². The highest BCUT2D eigenvalue weighted by atomic mass is 16.3. The minimum atomic E-state index is 0.741. The van der Waals surface area contributed by atoms with E-state index >= 15 is 0 Å². The molecule has 3 heteroatoms. The third-order valence-corrected chi connectivity index (χ3v) is 3.07. The van der Waals surface area contributed by atoms with Gasteiger partial charge in [0.25, 0.3) is 0 Å². The molecule has 3 rings (SSSR count). The van der Waals surface area contributed by atoms with Crippen molar-refractivity contribution in [1.82, 2.24) is 10.3 Å². The molecular weight excluding hydrogens is 200 g/mol. The number of hydrogen-bond acceptors (Lipinski definition) is 3.